The standard InChI is InChI=1S/C16H16ClNO6S2/c17-15-7-6-14(25-15)13(19)5-8-16(20)24-10-9-23-11-1-3-12(4-2-11)26(18,21)22/h1-4,6-7H,5,8-10H2,(H2,18,21,22). The largest absolute Gasteiger partial charge is 0.490 e. The molecule has 2 aromatic rings. The van der Waals surface area contributed by atoms with Crippen molar-refractivity contribution in [2.45, 2.75) is 17.7 Å². The molecule has 0 saturated heterocycles. The van der Waals surface area contributed by atoms with Crippen molar-refractivity contribution in [2.75, 3.05) is 13.2 Å². The van der Waals surface area contributed by atoms with Crippen molar-refractivity contribution in [1.82, 2.24) is 0 Å². The molecule has 2 rings (SSSR count). The van der Waals surface area contributed by atoms with Gasteiger partial charge in [0.15, 0.2) is 5.78 Å². The zero-order chi connectivity index (χ0) is 19.2. The van der Waals surface area contributed by atoms with Gasteiger partial charge in [0.1, 0.15) is 19.0 Å². The summed E-state index contributed by atoms with van der Waals surface area (Å²) < 4.78 is 33.1. The van der Waals surface area contributed by atoms with Gasteiger partial charge in [-0.15, -0.1) is 11.3 Å². The third kappa shape index (κ3) is 6.41. The molecule has 10 heteroatoms. The first-order chi connectivity index (χ1) is 12.3. The number of carbonyl (C=O) groups excluding carboxylic acids is 2. The molecule has 0 radical (unpaired) electrons. The van der Waals surface area contributed by atoms with E-state index < -0.39 is 16.0 Å². The quantitative estimate of drug-likeness (QED) is 0.381. The van der Waals surface area contributed by atoms with E-state index in [1.54, 1.807) is 12.1 Å². The molecule has 0 aliphatic rings. The third-order valence-electron chi connectivity index (χ3n) is 3.17. The number of nitrogens with two attached hydrogens (primary N) is 1. The predicted molar refractivity (Wildman–Crippen MR) is 97.2 cm³/mol. The second-order valence-corrected chi connectivity index (χ2v) is 8.39. The number of carbonyl (C=O) groups is 2. The van der Waals surface area contributed by atoms with Gasteiger partial charge in [0.25, 0.3) is 0 Å². The molecule has 26 heavy (non-hydrogen) atoms. The lowest BCUT2D eigenvalue weighted by Gasteiger charge is -2.07. The van der Waals surface area contributed by atoms with Gasteiger partial charge in [0.05, 0.1) is 20.5 Å². The highest BCUT2D eigenvalue weighted by molar-refractivity contribution is 7.89. The Kier molecular flexibility index (Phi) is 7.15. The van der Waals surface area contributed by atoms with E-state index in [1.807, 2.05) is 0 Å². The molecule has 0 aliphatic carbocycles. The molecule has 0 atom stereocenters. The van der Waals surface area contributed by atoms with Gasteiger partial charge in [-0.25, -0.2) is 13.6 Å². The molecular formula is C16H16ClNO6S2. The van der Waals surface area contributed by atoms with E-state index in [9.17, 15) is 18.0 Å². The second-order valence-electron chi connectivity index (χ2n) is 5.11. The molecule has 0 aliphatic heterocycles. The lowest BCUT2D eigenvalue weighted by Crippen LogP contribution is -2.14. The van der Waals surface area contributed by atoms with Crippen LogP contribution in [0.1, 0.15) is 22.5 Å². The van der Waals surface area contributed by atoms with Crippen LogP contribution in [0, 0.1) is 0 Å². The lowest BCUT2D eigenvalue weighted by molar-refractivity contribution is -0.144. The first-order valence-corrected chi connectivity index (χ1v) is 10.2. The summed E-state index contributed by atoms with van der Waals surface area (Å²) in [4.78, 5) is 23.9. The summed E-state index contributed by atoms with van der Waals surface area (Å²) in [5.74, 6) is -0.252. The molecular weight excluding hydrogens is 402 g/mol. The van der Waals surface area contributed by atoms with Crippen LogP contribution in [0.2, 0.25) is 4.34 Å². The number of hydrogen-bond acceptors (Lipinski definition) is 7. The summed E-state index contributed by atoms with van der Waals surface area (Å²) in [6, 6.07) is 8.79. The van der Waals surface area contributed by atoms with E-state index in [-0.39, 0.29) is 36.7 Å². The number of rotatable bonds is 9. The SMILES string of the molecule is NS(=O)(=O)c1ccc(OCCOC(=O)CCC(=O)c2ccc(Cl)s2)cc1. The number of hydrogen-bond donors (Lipinski definition) is 1. The first-order valence-electron chi connectivity index (χ1n) is 7.45. The number of ketones is 1. The predicted octanol–water partition coefficient (Wildman–Crippen LogP) is 2.63. The van der Waals surface area contributed by atoms with Crippen LogP contribution in [0.25, 0.3) is 0 Å². The number of primary sulfonamides is 1. The van der Waals surface area contributed by atoms with Gasteiger partial charge in [-0.3, -0.25) is 9.59 Å². The molecule has 2 N–H and O–H groups in total. The Morgan fingerprint density at radius 2 is 1.73 bits per heavy atom. The number of thiophene rings is 1. The Labute approximate surface area is 159 Å². The average molecular weight is 418 g/mol. The molecule has 140 valence electrons. The molecule has 1 aromatic heterocycles. The van der Waals surface area contributed by atoms with Crippen LogP contribution in [-0.2, 0) is 19.6 Å². The minimum absolute atomic E-state index is 0.00872. The Hall–Kier alpha value is -1.94. The van der Waals surface area contributed by atoms with Crippen LogP contribution in [-0.4, -0.2) is 33.4 Å². The van der Waals surface area contributed by atoms with Crippen LogP contribution in [0.4, 0.5) is 0 Å². The summed E-state index contributed by atoms with van der Waals surface area (Å²) >= 11 is 6.93. The lowest BCUT2D eigenvalue weighted by atomic mass is 10.2. The monoisotopic (exact) mass is 417 g/mol. The molecule has 0 bridgehead atoms. The summed E-state index contributed by atoms with van der Waals surface area (Å²) in [7, 11) is -3.75. The molecule has 1 aromatic carbocycles. The zero-order valence-corrected chi connectivity index (χ0v) is 15.9. The summed E-state index contributed by atoms with van der Waals surface area (Å²) in [5.41, 5.74) is 0. The fourth-order valence-corrected chi connectivity index (χ4v) is 3.44. The van der Waals surface area contributed by atoms with Crippen molar-refractivity contribution in [3.05, 3.63) is 45.6 Å². The van der Waals surface area contributed by atoms with E-state index >= 15 is 0 Å². The van der Waals surface area contributed by atoms with E-state index in [2.05, 4.69) is 0 Å². The first kappa shape index (κ1) is 20.4. The Morgan fingerprint density at radius 3 is 2.31 bits per heavy atom. The molecule has 1 heterocycles. The Bertz CT molecular complexity index is 876. The second kappa shape index (κ2) is 9.13. The molecule has 0 fully saturated rings. The smallest absolute Gasteiger partial charge is 0.306 e. The highest BCUT2D eigenvalue weighted by Crippen LogP contribution is 2.23. The van der Waals surface area contributed by atoms with Crippen molar-refractivity contribution in [3.8, 4) is 5.75 Å². The van der Waals surface area contributed by atoms with Crippen molar-refractivity contribution in [1.29, 1.82) is 0 Å². The summed E-state index contributed by atoms with van der Waals surface area (Å²) in [6.45, 7) is 0.101. The maximum Gasteiger partial charge on any atom is 0.306 e. The van der Waals surface area contributed by atoms with Gasteiger partial charge in [0, 0.05) is 6.42 Å². The van der Waals surface area contributed by atoms with Crippen LogP contribution >= 0.6 is 22.9 Å². The van der Waals surface area contributed by atoms with E-state index in [1.165, 1.54) is 35.6 Å². The Morgan fingerprint density at radius 1 is 1.04 bits per heavy atom. The van der Waals surface area contributed by atoms with E-state index in [0.29, 0.717) is 15.0 Å². The van der Waals surface area contributed by atoms with Crippen molar-refractivity contribution in [3.63, 3.8) is 0 Å². The zero-order valence-electron chi connectivity index (χ0n) is 13.5. The Balaban J connectivity index is 1.66. The number of sulfonamides is 1. The fraction of sp³-hybridized carbons (Fsp3) is 0.250. The molecule has 0 unspecified atom stereocenters. The van der Waals surface area contributed by atoms with Crippen molar-refractivity contribution < 1.29 is 27.5 Å². The number of ether oxygens (including phenoxy) is 2. The molecule has 0 amide bonds. The summed E-state index contributed by atoms with van der Waals surface area (Å²) in [5, 5.41) is 4.99. The number of Topliss-reactive ketones (excluding diaryl/α,β-unsaturated/α-hetero) is 1. The van der Waals surface area contributed by atoms with Gasteiger partial charge in [0.2, 0.25) is 10.0 Å². The number of halogens is 1. The molecule has 7 nitrogen and oxygen atoms in total. The van der Waals surface area contributed by atoms with Gasteiger partial charge >= 0.3 is 5.97 Å². The van der Waals surface area contributed by atoms with E-state index in [0.717, 1.165) is 0 Å². The topological polar surface area (TPSA) is 113 Å². The van der Waals surface area contributed by atoms with Crippen LogP contribution in [0.3, 0.4) is 0 Å². The maximum atomic E-state index is 11.8. The fourth-order valence-electron chi connectivity index (χ4n) is 1.92. The summed E-state index contributed by atoms with van der Waals surface area (Å²) in [6.07, 6.45) is 0.0168. The average Bonchev–Trinajstić information content (AvgIpc) is 3.03. The highest BCUT2D eigenvalue weighted by Gasteiger charge is 2.12. The number of esters is 1. The molecule has 0 saturated carbocycles. The van der Waals surface area contributed by atoms with E-state index in [4.69, 9.17) is 26.2 Å². The van der Waals surface area contributed by atoms with Crippen LogP contribution in [0.15, 0.2) is 41.3 Å². The minimum Gasteiger partial charge on any atom is -0.490 e. The van der Waals surface area contributed by atoms with Gasteiger partial charge < -0.3 is 9.47 Å². The third-order valence-corrected chi connectivity index (χ3v) is 5.37. The number of benzene rings is 1. The highest BCUT2D eigenvalue weighted by atomic mass is 35.5. The molecule has 0 spiro atoms. The van der Waals surface area contributed by atoms with Crippen molar-refractivity contribution in [2.24, 2.45) is 5.14 Å². The van der Waals surface area contributed by atoms with Gasteiger partial charge in [-0.1, -0.05) is 11.6 Å². The van der Waals surface area contributed by atoms with Crippen LogP contribution in [0.5, 0.6) is 5.75 Å². The van der Waals surface area contributed by atoms with Gasteiger partial charge in [-0.05, 0) is 36.4 Å². The normalized spacial score (nSPS) is 11.2. The van der Waals surface area contributed by atoms with Crippen molar-refractivity contribution >= 4 is 44.7 Å². The minimum atomic E-state index is -3.75. The van der Waals surface area contributed by atoms with Gasteiger partial charge in [-0.2, -0.15) is 0 Å². The van der Waals surface area contributed by atoms with Crippen LogP contribution < -0.4 is 9.88 Å². The maximum absolute atomic E-state index is 11.8.